The highest BCUT2D eigenvalue weighted by atomic mass is 16.2. The molecule has 0 aliphatic heterocycles. The average molecular weight is 133 g/mol. The van der Waals surface area contributed by atoms with Crippen LogP contribution in [0.3, 0.4) is 0 Å². The molecule has 0 aromatic heterocycles. The third-order valence-corrected chi connectivity index (χ3v) is 1.15. The van der Waals surface area contributed by atoms with Gasteiger partial charge in [0.25, 0.3) is 0 Å². The predicted molar refractivity (Wildman–Crippen MR) is 37.8 cm³/mol. The molecular weight excluding hydrogens is 119 g/mol. The lowest BCUT2D eigenvalue weighted by Crippen LogP contribution is -2.17. The highest BCUT2D eigenvalue weighted by molar-refractivity contribution is 5.69. The van der Waals surface area contributed by atoms with Crippen molar-refractivity contribution in [3.8, 4) is 0 Å². The van der Waals surface area contributed by atoms with Crippen molar-refractivity contribution in [2.45, 2.75) is 27.2 Å². The first-order valence-corrected chi connectivity index (χ1v) is 3.32. The Morgan fingerprint density at radius 3 is 2.22 bits per heavy atom. The molecule has 0 aliphatic rings. The van der Waals surface area contributed by atoms with Crippen LogP contribution in [0.25, 0.3) is 0 Å². The molecule has 0 aromatic carbocycles. The summed E-state index contributed by atoms with van der Waals surface area (Å²) in [6.07, 6.45) is 2.83. The number of carbonyl (C=O) groups is 1. The molecule has 0 spiro atoms. The van der Waals surface area contributed by atoms with Gasteiger partial charge in [0.1, 0.15) is 12.8 Å². The van der Waals surface area contributed by atoms with Crippen molar-refractivity contribution >= 4 is 12.1 Å². The molecule has 0 aliphatic carbocycles. The van der Waals surface area contributed by atoms with Gasteiger partial charge in [0.15, 0.2) is 0 Å². The van der Waals surface area contributed by atoms with Gasteiger partial charge in [0.05, 0.1) is 6.92 Å². The number of nitrogens with zero attached hydrogens (tertiary/aromatic N) is 1. The zero-order valence-corrected chi connectivity index (χ0v) is 6.35. The third-order valence-electron chi connectivity index (χ3n) is 1.15. The van der Waals surface area contributed by atoms with Gasteiger partial charge in [-0.3, -0.25) is 0 Å². The summed E-state index contributed by atoms with van der Waals surface area (Å²) >= 11 is 0. The molecule has 9 heavy (non-hydrogen) atoms. The molecule has 0 radical (unpaired) electrons. The van der Waals surface area contributed by atoms with E-state index in [9.17, 15) is 4.79 Å². The quantitative estimate of drug-likeness (QED) is 0.313. The van der Waals surface area contributed by atoms with Crippen molar-refractivity contribution in [1.82, 2.24) is 0 Å². The minimum Gasteiger partial charge on any atom is -0.220 e. The van der Waals surface area contributed by atoms with Gasteiger partial charge in [-0.05, 0) is 6.92 Å². The largest absolute Gasteiger partial charge is 0.383 e. The van der Waals surface area contributed by atoms with E-state index >= 15 is 0 Å². The Bertz CT molecular complexity index is 127. The molecule has 0 heterocycles. The zero-order chi connectivity index (χ0) is 7.28. The maximum absolute atomic E-state index is 10.7. The standard InChI is InChI=1S/C7H14NO/c1-4-6-8(5-2)7(3)9/h6H,4-5H2,1-3H3/q+1/i1+1,2+1,4+1,5+1,6+1. The zero-order valence-electron chi connectivity index (χ0n) is 6.35. The fourth-order valence-electron chi connectivity index (χ4n) is 0.701. The van der Waals surface area contributed by atoms with Gasteiger partial charge in [0, 0.05) is 6.42 Å². The molecule has 2 heteroatoms. The van der Waals surface area contributed by atoms with Crippen LogP contribution in [0.15, 0.2) is 0 Å². The molecule has 0 atom stereocenters. The van der Waals surface area contributed by atoms with E-state index in [2.05, 4.69) is 0 Å². The summed E-state index contributed by atoms with van der Waals surface area (Å²) in [5.74, 6) is 0.124. The predicted octanol–water partition coefficient (Wildman–Crippen LogP) is 1.05. The third kappa shape index (κ3) is 3.01. The summed E-state index contributed by atoms with van der Waals surface area (Å²) < 4.78 is 1.71. The molecule has 0 rings (SSSR count). The highest BCUT2D eigenvalue weighted by Gasteiger charge is 2.04. The maximum Gasteiger partial charge on any atom is 0.383 e. The second kappa shape index (κ2) is 4.24. The Morgan fingerprint density at radius 2 is 2.11 bits per heavy atom. The first kappa shape index (κ1) is 8.34. The smallest absolute Gasteiger partial charge is 0.220 e. The summed E-state index contributed by atoms with van der Waals surface area (Å²) in [6, 6.07) is 0. The van der Waals surface area contributed by atoms with E-state index in [0.29, 0.717) is 0 Å². The van der Waals surface area contributed by atoms with Gasteiger partial charge >= 0.3 is 5.91 Å². The Labute approximate surface area is 56.2 Å². The summed E-state index contributed by atoms with van der Waals surface area (Å²) in [7, 11) is 0. The lowest BCUT2D eigenvalue weighted by molar-refractivity contribution is -0.440. The van der Waals surface area contributed by atoms with E-state index in [1.807, 2.05) is 20.1 Å². The van der Waals surface area contributed by atoms with Crippen LogP contribution in [0.5, 0.6) is 0 Å². The second-order valence-electron chi connectivity index (χ2n) is 1.90. The number of hydrogen-bond acceptors (Lipinski definition) is 1. The summed E-state index contributed by atoms with van der Waals surface area (Å²) in [5, 5.41) is 0. The maximum atomic E-state index is 10.7. The van der Waals surface area contributed by atoms with Gasteiger partial charge in [-0.2, -0.15) is 4.58 Å². The van der Waals surface area contributed by atoms with Crippen LogP contribution in [0.4, 0.5) is 0 Å². The Kier molecular flexibility index (Phi) is 3.93. The number of carbonyl (C=O) groups excluding carboxylic acids is 1. The van der Waals surface area contributed by atoms with E-state index in [-0.39, 0.29) is 5.91 Å². The summed E-state index contributed by atoms with van der Waals surface area (Å²) in [5.41, 5.74) is 0. The lowest BCUT2D eigenvalue weighted by Gasteiger charge is -1.89. The van der Waals surface area contributed by atoms with Crippen LogP contribution in [-0.4, -0.2) is 23.2 Å². The molecule has 2 nitrogen and oxygen atoms in total. The Balaban J connectivity index is 3.98. The molecule has 0 fully saturated rings. The van der Waals surface area contributed by atoms with Crippen molar-refractivity contribution < 1.29 is 9.37 Å². The van der Waals surface area contributed by atoms with Crippen molar-refractivity contribution in [3.05, 3.63) is 0 Å². The second-order valence-corrected chi connectivity index (χ2v) is 1.90. The van der Waals surface area contributed by atoms with Crippen LogP contribution < -0.4 is 0 Å². The molecule has 0 saturated heterocycles. The summed E-state index contributed by atoms with van der Waals surface area (Å²) in [6.45, 7) is 6.35. The van der Waals surface area contributed by atoms with Crippen LogP contribution >= 0.6 is 0 Å². The van der Waals surface area contributed by atoms with E-state index in [4.69, 9.17) is 0 Å². The lowest BCUT2D eigenvalue weighted by atomic mass is 10.7. The van der Waals surface area contributed by atoms with Gasteiger partial charge in [-0.25, -0.2) is 4.79 Å². The van der Waals surface area contributed by atoms with Crippen molar-refractivity contribution in [2.24, 2.45) is 0 Å². The topological polar surface area (TPSA) is 20.1 Å². The molecule has 0 saturated carbocycles. The molecule has 52 valence electrons. The Hall–Kier alpha value is -0.660. The number of amides is 1. The Morgan fingerprint density at radius 1 is 1.56 bits per heavy atom. The molecule has 0 N–H and O–H groups in total. The number of rotatable bonds is 2. The van der Waals surface area contributed by atoms with E-state index < -0.39 is 0 Å². The van der Waals surface area contributed by atoms with Gasteiger partial charge in [-0.1, -0.05) is 6.92 Å². The first-order valence-electron chi connectivity index (χ1n) is 3.32. The van der Waals surface area contributed by atoms with E-state index in [1.165, 1.54) is 0 Å². The average Bonchev–Trinajstić information content (AvgIpc) is 1.82. The van der Waals surface area contributed by atoms with Crippen LogP contribution in [-0.2, 0) is 4.79 Å². The SMILES string of the molecule is CC(=O)[N+](=[13CH][13CH2][13CH3])[13CH2][13CH3]. The van der Waals surface area contributed by atoms with E-state index in [0.717, 1.165) is 13.0 Å². The van der Waals surface area contributed by atoms with Crippen LogP contribution in [0.2, 0.25) is 0 Å². The van der Waals surface area contributed by atoms with Gasteiger partial charge in [-0.15, -0.1) is 0 Å². The monoisotopic (exact) mass is 133 g/mol. The highest BCUT2D eigenvalue weighted by Crippen LogP contribution is 1.76. The normalized spacial score (nSPS) is 11.7. The minimum atomic E-state index is 0.124. The van der Waals surface area contributed by atoms with Crippen molar-refractivity contribution in [3.63, 3.8) is 0 Å². The fourth-order valence-corrected chi connectivity index (χ4v) is 0.701. The number of hydrogen-bond donors (Lipinski definition) is 0. The van der Waals surface area contributed by atoms with Crippen LogP contribution in [0.1, 0.15) is 27.2 Å². The van der Waals surface area contributed by atoms with Crippen molar-refractivity contribution in [1.29, 1.82) is 0 Å². The van der Waals surface area contributed by atoms with E-state index in [1.54, 1.807) is 11.5 Å². The van der Waals surface area contributed by atoms with Crippen LogP contribution in [0, 0.1) is 0 Å². The summed E-state index contributed by atoms with van der Waals surface area (Å²) in [4.78, 5) is 10.7. The molecule has 0 unspecified atom stereocenters. The van der Waals surface area contributed by atoms with Gasteiger partial charge < -0.3 is 0 Å². The fraction of sp³-hybridized carbons (Fsp3) is 0.714. The molecule has 0 bridgehead atoms. The first-order chi connectivity index (χ1) is 4.22. The molecule has 0 aromatic rings. The molecular formula is C7H14NO+. The van der Waals surface area contributed by atoms with Crippen molar-refractivity contribution in [2.75, 3.05) is 6.54 Å². The minimum absolute atomic E-state index is 0.124. The van der Waals surface area contributed by atoms with Gasteiger partial charge in [0.2, 0.25) is 0 Å². The molecule has 1 amide bonds.